The lowest BCUT2D eigenvalue weighted by molar-refractivity contribution is 0.0696. The molecule has 1 N–H and O–H groups in total. The number of carboxylic acids is 1. The fourth-order valence-corrected chi connectivity index (χ4v) is 2.85. The van der Waals surface area contributed by atoms with Gasteiger partial charge in [-0.1, -0.05) is 40.2 Å². The van der Waals surface area contributed by atoms with E-state index in [1.54, 1.807) is 18.2 Å². The lowest BCUT2D eigenvalue weighted by atomic mass is 10.1. The van der Waals surface area contributed by atoms with Crippen molar-refractivity contribution in [2.24, 2.45) is 0 Å². The third kappa shape index (κ3) is 3.04. The molecule has 0 spiro atoms. The van der Waals surface area contributed by atoms with Gasteiger partial charge in [0.15, 0.2) is 11.5 Å². The minimum Gasteiger partial charge on any atom is -0.478 e. The van der Waals surface area contributed by atoms with Gasteiger partial charge in [-0.15, -0.1) is 0 Å². The van der Waals surface area contributed by atoms with Gasteiger partial charge < -0.3 is 9.52 Å². The number of rotatable bonds is 5. The summed E-state index contributed by atoms with van der Waals surface area (Å²) in [5.41, 5.74) is 3.93. The quantitative estimate of drug-likeness (QED) is 0.697. The van der Waals surface area contributed by atoms with Crippen LogP contribution in [0.2, 0.25) is 0 Å². The molecule has 2 aromatic carbocycles. The van der Waals surface area contributed by atoms with Gasteiger partial charge in [-0.25, -0.2) is 9.78 Å². The smallest absolute Gasteiger partial charge is 0.335 e. The first-order valence-electron chi connectivity index (χ1n) is 6.93. The van der Waals surface area contributed by atoms with Gasteiger partial charge in [0.1, 0.15) is 5.52 Å². The predicted molar refractivity (Wildman–Crippen MR) is 87.7 cm³/mol. The summed E-state index contributed by atoms with van der Waals surface area (Å²) in [7, 11) is 0. The fourth-order valence-electron chi connectivity index (χ4n) is 2.42. The molecule has 0 saturated heterocycles. The number of oxazole rings is 1. The highest BCUT2D eigenvalue weighted by Gasteiger charge is 2.11. The molecular weight excluding hydrogens is 346 g/mol. The number of carbonyl (C=O) groups is 1. The molecule has 0 aliphatic rings. The zero-order valence-corrected chi connectivity index (χ0v) is 13.3. The number of nitrogens with zero attached hydrogens (tertiary/aromatic N) is 1. The summed E-state index contributed by atoms with van der Waals surface area (Å²) in [4.78, 5) is 15.6. The topological polar surface area (TPSA) is 63.3 Å². The van der Waals surface area contributed by atoms with Crippen LogP contribution in [0.3, 0.4) is 0 Å². The zero-order valence-electron chi connectivity index (χ0n) is 11.8. The fraction of sp³-hybridized carbons (Fsp3) is 0.176. The molecule has 0 atom stereocenters. The van der Waals surface area contributed by atoms with Crippen LogP contribution in [0.1, 0.15) is 27.4 Å². The van der Waals surface area contributed by atoms with Crippen LogP contribution in [0, 0.1) is 0 Å². The maximum Gasteiger partial charge on any atom is 0.335 e. The van der Waals surface area contributed by atoms with Gasteiger partial charge in [-0.2, -0.15) is 0 Å². The van der Waals surface area contributed by atoms with Crippen molar-refractivity contribution in [1.82, 2.24) is 4.98 Å². The lowest BCUT2D eigenvalue weighted by Crippen LogP contribution is -1.97. The third-order valence-electron chi connectivity index (χ3n) is 3.44. The van der Waals surface area contributed by atoms with Crippen LogP contribution in [0.4, 0.5) is 0 Å². The van der Waals surface area contributed by atoms with Gasteiger partial charge in [0.2, 0.25) is 0 Å². The molecule has 3 aromatic rings. The summed E-state index contributed by atoms with van der Waals surface area (Å²) in [6.45, 7) is 0. The normalized spacial score (nSPS) is 11.0. The van der Waals surface area contributed by atoms with E-state index in [2.05, 4.69) is 20.9 Å². The van der Waals surface area contributed by atoms with Gasteiger partial charge in [0.05, 0.1) is 5.56 Å². The van der Waals surface area contributed by atoms with E-state index in [1.807, 2.05) is 24.3 Å². The molecule has 0 aliphatic carbocycles. The van der Waals surface area contributed by atoms with Crippen LogP contribution in [-0.2, 0) is 12.8 Å². The summed E-state index contributed by atoms with van der Waals surface area (Å²) in [6, 6.07) is 12.7. The van der Waals surface area contributed by atoms with Crippen molar-refractivity contribution in [3.05, 3.63) is 65.0 Å². The molecule has 112 valence electrons. The lowest BCUT2D eigenvalue weighted by Gasteiger charge is -1.99. The zero-order chi connectivity index (χ0) is 15.5. The monoisotopic (exact) mass is 359 g/mol. The van der Waals surface area contributed by atoms with Crippen LogP contribution in [0.25, 0.3) is 11.1 Å². The number of aromatic nitrogens is 1. The Morgan fingerprint density at radius 3 is 2.82 bits per heavy atom. The average molecular weight is 360 g/mol. The van der Waals surface area contributed by atoms with E-state index in [9.17, 15) is 4.79 Å². The number of hydrogen-bond donors (Lipinski definition) is 1. The molecule has 0 unspecified atom stereocenters. The van der Waals surface area contributed by atoms with Crippen molar-refractivity contribution in [2.75, 3.05) is 5.33 Å². The number of alkyl halides is 1. The van der Waals surface area contributed by atoms with Crippen LogP contribution in [0.15, 0.2) is 46.9 Å². The van der Waals surface area contributed by atoms with Crippen LogP contribution in [0.5, 0.6) is 0 Å². The first-order valence-corrected chi connectivity index (χ1v) is 8.05. The Balaban J connectivity index is 1.92. The second kappa shape index (κ2) is 6.32. The van der Waals surface area contributed by atoms with Gasteiger partial charge in [0, 0.05) is 11.8 Å². The van der Waals surface area contributed by atoms with E-state index in [0.29, 0.717) is 12.3 Å². The van der Waals surface area contributed by atoms with E-state index in [4.69, 9.17) is 9.52 Å². The largest absolute Gasteiger partial charge is 0.478 e. The molecule has 0 radical (unpaired) electrons. The van der Waals surface area contributed by atoms with E-state index in [1.165, 1.54) is 0 Å². The molecule has 1 aromatic heterocycles. The Morgan fingerprint density at radius 2 is 2.05 bits per heavy atom. The summed E-state index contributed by atoms with van der Waals surface area (Å²) in [5, 5.41) is 9.91. The Bertz CT molecular complexity index is 826. The van der Waals surface area contributed by atoms with Crippen molar-refractivity contribution < 1.29 is 14.3 Å². The summed E-state index contributed by atoms with van der Waals surface area (Å²) >= 11 is 3.44. The van der Waals surface area contributed by atoms with E-state index < -0.39 is 5.97 Å². The summed E-state index contributed by atoms with van der Waals surface area (Å²) in [5.74, 6) is -0.335. The van der Waals surface area contributed by atoms with Crippen molar-refractivity contribution in [1.29, 1.82) is 0 Å². The number of aryl methyl sites for hydroxylation is 1. The van der Waals surface area contributed by atoms with Crippen molar-refractivity contribution in [2.45, 2.75) is 12.8 Å². The van der Waals surface area contributed by atoms with Gasteiger partial charge in [0.25, 0.3) is 0 Å². The summed E-state index contributed by atoms with van der Waals surface area (Å²) < 4.78 is 5.79. The SMILES string of the molecule is O=C(O)c1cccc(Cc2nc3c(CCBr)cccc3o2)c1. The molecule has 0 amide bonds. The molecular formula is C17H14BrNO3. The second-order valence-corrected chi connectivity index (χ2v) is 5.79. The molecule has 1 heterocycles. The number of benzene rings is 2. The maximum absolute atomic E-state index is 11.0. The second-order valence-electron chi connectivity index (χ2n) is 4.99. The van der Waals surface area contributed by atoms with Crippen molar-refractivity contribution in [3.63, 3.8) is 0 Å². The average Bonchev–Trinajstić information content (AvgIpc) is 2.91. The van der Waals surface area contributed by atoms with Crippen molar-refractivity contribution >= 4 is 33.0 Å². The van der Waals surface area contributed by atoms with E-state index >= 15 is 0 Å². The number of aromatic carboxylic acids is 1. The molecule has 0 bridgehead atoms. The number of fused-ring (bicyclic) bond motifs is 1. The number of para-hydroxylation sites is 1. The molecule has 3 rings (SSSR count). The predicted octanol–water partition coefficient (Wildman–Crippen LogP) is 4.05. The Kier molecular flexibility index (Phi) is 4.24. The molecule has 22 heavy (non-hydrogen) atoms. The van der Waals surface area contributed by atoms with Crippen molar-refractivity contribution in [3.8, 4) is 0 Å². The standard InChI is InChI=1S/C17H14BrNO3/c18-8-7-12-4-2-6-14-16(12)19-15(22-14)10-11-3-1-5-13(9-11)17(20)21/h1-6,9H,7-8,10H2,(H,20,21). The number of halogens is 1. The van der Waals surface area contributed by atoms with Gasteiger partial charge in [-0.05, 0) is 35.7 Å². The Hall–Kier alpha value is -2.14. The molecule has 0 aliphatic heterocycles. The Labute approximate surface area is 135 Å². The first-order chi connectivity index (χ1) is 10.7. The Morgan fingerprint density at radius 1 is 1.23 bits per heavy atom. The number of hydrogen-bond acceptors (Lipinski definition) is 3. The van der Waals surface area contributed by atoms with Crippen LogP contribution >= 0.6 is 15.9 Å². The van der Waals surface area contributed by atoms with Crippen LogP contribution < -0.4 is 0 Å². The highest BCUT2D eigenvalue weighted by molar-refractivity contribution is 9.09. The highest BCUT2D eigenvalue weighted by Crippen LogP contribution is 2.22. The van der Waals surface area contributed by atoms with Crippen LogP contribution in [-0.4, -0.2) is 21.4 Å². The first kappa shape index (κ1) is 14.8. The molecule has 4 nitrogen and oxygen atoms in total. The van der Waals surface area contributed by atoms with E-state index in [-0.39, 0.29) is 5.56 Å². The van der Waals surface area contributed by atoms with E-state index in [0.717, 1.165) is 34.0 Å². The maximum atomic E-state index is 11.0. The molecule has 0 fully saturated rings. The summed E-state index contributed by atoms with van der Waals surface area (Å²) in [6.07, 6.45) is 1.36. The van der Waals surface area contributed by atoms with Gasteiger partial charge >= 0.3 is 5.97 Å². The molecule has 5 heteroatoms. The third-order valence-corrected chi connectivity index (χ3v) is 3.84. The number of carboxylic acid groups (broad SMARTS) is 1. The minimum absolute atomic E-state index is 0.272. The highest BCUT2D eigenvalue weighted by atomic mass is 79.9. The van der Waals surface area contributed by atoms with Gasteiger partial charge in [-0.3, -0.25) is 0 Å². The molecule has 0 saturated carbocycles. The minimum atomic E-state index is -0.931.